The van der Waals surface area contributed by atoms with Crippen molar-refractivity contribution in [3.8, 4) is 0 Å². The lowest BCUT2D eigenvalue weighted by molar-refractivity contribution is 0.107. The Morgan fingerprint density at radius 2 is 1.05 bits per heavy atom. The van der Waals surface area contributed by atoms with Crippen LogP contribution in [0.1, 0.15) is 11.1 Å². The van der Waals surface area contributed by atoms with Gasteiger partial charge in [0, 0.05) is 26.3 Å². The first kappa shape index (κ1) is 28.8. The molecule has 0 aliphatic rings. The van der Waals surface area contributed by atoms with Gasteiger partial charge in [0.25, 0.3) is 0 Å². The molecular formula is C32H38B2N2O3. The van der Waals surface area contributed by atoms with Gasteiger partial charge in [-0.1, -0.05) is 109 Å². The molecule has 39 heavy (non-hydrogen) atoms. The SMILES string of the molecule is CN(C)CCOB(c1ccccc1)c1cccc(COCc2cccc(B(OCCN)c3ccccc3)c2)c1. The highest BCUT2D eigenvalue weighted by Gasteiger charge is 2.22. The van der Waals surface area contributed by atoms with Gasteiger partial charge in [0.1, 0.15) is 0 Å². The molecule has 4 aromatic rings. The van der Waals surface area contributed by atoms with E-state index in [0.717, 1.165) is 39.5 Å². The second kappa shape index (κ2) is 15.4. The molecule has 4 aromatic carbocycles. The van der Waals surface area contributed by atoms with Crippen LogP contribution < -0.4 is 27.6 Å². The van der Waals surface area contributed by atoms with Crippen LogP contribution >= 0.6 is 0 Å². The lowest BCUT2D eigenvalue weighted by Gasteiger charge is -2.18. The highest BCUT2D eigenvalue weighted by molar-refractivity contribution is 6.80. The first-order valence-corrected chi connectivity index (χ1v) is 13.6. The van der Waals surface area contributed by atoms with E-state index in [-0.39, 0.29) is 13.8 Å². The summed E-state index contributed by atoms with van der Waals surface area (Å²) in [5, 5.41) is 0. The first-order chi connectivity index (χ1) is 19.1. The normalized spacial score (nSPS) is 11.1. The summed E-state index contributed by atoms with van der Waals surface area (Å²) in [6, 6.07) is 37.6. The Morgan fingerprint density at radius 1 is 0.590 bits per heavy atom. The molecule has 0 unspecified atom stereocenters. The molecule has 0 saturated heterocycles. The quantitative estimate of drug-likeness (QED) is 0.244. The van der Waals surface area contributed by atoms with Crippen LogP contribution in [0.2, 0.25) is 0 Å². The van der Waals surface area contributed by atoms with Crippen LogP contribution in [0.15, 0.2) is 109 Å². The zero-order valence-electron chi connectivity index (χ0n) is 23.0. The van der Waals surface area contributed by atoms with E-state index in [4.69, 9.17) is 19.8 Å². The first-order valence-electron chi connectivity index (χ1n) is 13.6. The smallest absolute Gasteiger partial charge is 0.361 e. The number of likely N-dealkylation sites (N-methyl/N-ethyl adjacent to an activating group) is 1. The Balaban J connectivity index is 1.42. The maximum absolute atomic E-state index is 6.35. The molecule has 0 aromatic heterocycles. The molecule has 0 atom stereocenters. The van der Waals surface area contributed by atoms with Crippen LogP contribution in [0.25, 0.3) is 0 Å². The molecule has 0 spiro atoms. The highest BCUT2D eigenvalue weighted by Crippen LogP contribution is 2.07. The van der Waals surface area contributed by atoms with Crippen molar-refractivity contribution < 1.29 is 14.0 Å². The monoisotopic (exact) mass is 520 g/mol. The van der Waals surface area contributed by atoms with Gasteiger partial charge in [-0.3, -0.25) is 0 Å². The van der Waals surface area contributed by atoms with Crippen molar-refractivity contribution in [2.45, 2.75) is 13.2 Å². The van der Waals surface area contributed by atoms with Gasteiger partial charge in [-0.15, -0.1) is 0 Å². The van der Waals surface area contributed by atoms with Gasteiger partial charge in [0.05, 0.1) is 13.2 Å². The van der Waals surface area contributed by atoms with E-state index in [9.17, 15) is 0 Å². The van der Waals surface area contributed by atoms with Crippen molar-refractivity contribution in [1.82, 2.24) is 4.90 Å². The van der Waals surface area contributed by atoms with Crippen molar-refractivity contribution in [2.24, 2.45) is 5.73 Å². The fourth-order valence-corrected chi connectivity index (χ4v) is 4.54. The van der Waals surface area contributed by atoms with E-state index < -0.39 is 0 Å². The summed E-state index contributed by atoms with van der Waals surface area (Å²) < 4.78 is 18.6. The van der Waals surface area contributed by atoms with E-state index in [1.54, 1.807) is 0 Å². The average Bonchev–Trinajstić information content (AvgIpc) is 2.97. The van der Waals surface area contributed by atoms with Gasteiger partial charge in [0.15, 0.2) is 0 Å². The van der Waals surface area contributed by atoms with Crippen LogP contribution in [0.4, 0.5) is 0 Å². The second-order valence-corrected chi connectivity index (χ2v) is 9.90. The summed E-state index contributed by atoms with van der Waals surface area (Å²) in [4.78, 5) is 2.13. The van der Waals surface area contributed by atoms with Gasteiger partial charge in [-0.25, -0.2) is 0 Å². The minimum atomic E-state index is -0.159. The number of benzene rings is 4. The molecule has 0 saturated carbocycles. The van der Waals surface area contributed by atoms with Crippen LogP contribution in [0, 0.1) is 0 Å². The van der Waals surface area contributed by atoms with Gasteiger partial charge < -0.3 is 24.7 Å². The topological polar surface area (TPSA) is 57.0 Å². The van der Waals surface area contributed by atoms with Crippen molar-refractivity contribution >= 4 is 35.7 Å². The summed E-state index contributed by atoms with van der Waals surface area (Å²) in [6.45, 7) is 3.26. The predicted molar refractivity (Wildman–Crippen MR) is 164 cm³/mol. The van der Waals surface area contributed by atoms with Crippen molar-refractivity contribution in [2.75, 3.05) is 40.4 Å². The van der Waals surface area contributed by atoms with E-state index in [1.165, 1.54) is 0 Å². The molecule has 2 N–H and O–H groups in total. The van der Waals surface area contributed by atoms with Gasteiger partial charge in [-0.2, -0.15) is 0 Å². The number of nitrogens with two attached hydrogens (primary N) is 1. The van der Waals surface area contributed by atoms with Gasteiger partial charge in [0.2, 0.25) is 0 Å². The maximum atomic E-state index is 6.35. The summed E-state index contributed by atoms with van der Waals surface area (Å²) in [7, 11) is 4.12. The van der Waals surface area contributed by atoms with Crippen molar-refractivity contribution in [1.29, 1.82) is 0 Å². The van der Waals surface area contributed by atoms with Crippen LogP contribution in [-0.2, 0) is 27.3 Å². The molecule has 0 aliphatic heterocycles. The maximum Gasteiger partial charge on any atom is 0.361 e. The van der Waals surface area contributed by atoms with E-state index >= 15 is 0 Å². The molecule has 0 radical (unpaired) electrons. The Morgan fingerprint density at radius 3 is 1.51 bits per heavy atom. The molecule has 0 heterocycles. The standard InChI is InChI=1S/C32H38B2N2O3/c1-36(2)20-22-39-34(30-15-7-4-8-16-30)32-18-10-12-28(24-32)26-37-25-27-11-9-17-31(23-27)33(38-21-19-35)29-13-5-3-6-14-29/h3-18,23-24H,19-22,25-26,35H2,1-2H3. The molecular weight excluding hydrogens is 482 g/mol. The Kier molecular flexibility index (Phi) is 11.4. The van der Waals surface area contributed by atoms with Crippen LogP contribution in [0.3, 0.4) is 0 Å². The zero-order chi connectivity index (χ0) is 27.3. The number of ether oxygens (including phenoxy) is 1. The third-order valence-corrected chi connectivity index (χ3v) is 6.48. The van der Waals surface area contributed by atoms with Gasteiger partial charge in [-0.05, 0) is 47.1 Å². The Hall–Kier alpha value is -3.19. The molecule has 0 fully saturated rings. The fourth-order valence-electron chi connectivity index (χ4n) is 4.54. The summed E-state index contributed by atoms with van der Waals surface area (Å²) >= 11 is 0. The minimum absolute atomic E-state index is 0.119. The summed E-state index contributed by atoms with van der Waals surface area (Å²) in [5.74, 6) is 0. The fraction of sp³-hybridized carbons (Fsp3) is 0.250. The molecule has 5 nitrogen and oxygen atoms in total. The molecule has 0 aliphatic carbocycles. The van der Waals surface area contributed by atoms with Crippen molar-refractivity contribution in [3.63, 3.8) is 0 Å². The van der Waals surface area contributed by atoms with Crippen molar-refractivity contribution in [3.05, 3.63) is 120 Å². The molecule has 0 amide bonds. The third kappa shape index (κ3) is 8.92. The number of hydrogen-bond donors (Lipinski definition) is 1. The van der Waals surface area contributed by atoms with E-state index in [0.29, 0.717) is 33.0 Å². The Labute approximate surface area is 234 Å². The highest BCUT2D eigenvalue weighted by atomic mass is 16.5. The van der Waals surface area contributed by atoms with Crippen LogP contribution in [0.5, 0.6) is 0 Å². The number of rotatable bonds is 15. The second-order valence-electron chi connectivity index (χ2n) is 9.90. The predicted octanol–water partition coefficient (Wildman–Crippen LogP) is 2.17. The Bertz CT molecular complexity index is 1260. The number of hydrogen-bond acceptors (Lipinski definition) is 5. The zero-order valence-corrected chi connectivity index (χ0v) is 23.0. The molecule has 200 valence electrons. The third-order valence-electron chi connectivity index (χ3n) is 6.48. The number of nitrogens with zero attached hydrogens (tertiary/aromatic N) is 1. The lowest BCUT2D eigenvalue weighted by atomic mass is 9.55. The van der Waals surface area contributed by atoms with Crippen LogP contribution in [-0.4, -0.2) is 59.1 Å². The molecule has 4 rings (SSSR count). The van der Waals surface area contributed by atoms with E-state index in [1.807, 2.05) is 24.3 Å². The minimum Gasteiger partial charge on any atom is -0.426 e. The van der Waals surface area contributed by atoms with Gasteiger partial charge >= 0.3 is 13.8 Å². The summed E-state index contributed by atoms with van der Waals surface area (Å²) in [5.41, 5.74) is 12.4. The summed E-state index contributed by atoms with van der Waals surface area (Å²) in [6.07, 6.45) is 0. The van der Waals surface area contributed by atoms with E-state index in [2.05, 4.69) is 104 Å². The largest absolute Gasteiger partial charge is 0.426 e. The molecule has 7 heteroatoms. The molecule has 0 bridgehead atoms. The lowest BCUT2D eigenvalue weighted by Crippen LogP contribution is -2.46. The average molecular weight is 520 g/mol.